The van der Waals surface area contributed by atoms with Gasteiger partial charge in [-0.2, -0.15) is 0 Å². The molecule has 0 bridgehead atoms. The quantitative estimate of drug-likeness (QED) is 0.739. The van der Waals surface area contributed by atoms with Gasteiger partial charge in [0, 0.05) is 19.0 Å². The Hall–Kier alpha value is -1.31. The number of hydrogen-bond acceptors (Lipinski definition) is 1. The van der Waals surface area contributed by atoms with E-state index < -0.39 is 0 Å². The van der Waals surface area contributed by atoms with E-state index in [9.17, 15) is 4.79 Å². The van der Waals surface area contributed by atoms with Crippen molar-refractivity contribution in [2.24, 2.45) is 5.92 Å². The van der Waals surface area contributed by atoms with Crippen molar-refractivity contribution in [2.45, 2.75) is 33.6 Å². The van der Waals surface area contributed by atoms with Crippen LogP contribution in [0.3, 0.4) is 0 Å². The van der Waals surface area contributed by atoms with E-state index in [1.54, 1.807) is 0 Å². The topological polar surface area (TPSA) is 20.3 Å². The lowest BCUT2D eigenvalue weighted by Gasteiger charge is -2.24. The van der Waals surface area contributed by atoms with E-state index >= 15 is 0 Å². The summed E-state index contributed by atoms with van der Waals surface area (Å²) in [4.78, 5) is 14.0. The number of rotatable bonds is 6. The molecule has 2 nitrogen and oxygen atoms in total. The molecule has 1 unspecified atom stereocenters. The number of hydrogen-bond donors (Lipinski definition) is 0. The molecule has 0 N–H and O–H groups in total. The van der Waals surface area contributed by atoms with Crippen LogP contribution in [-0.4, -0.2) is 23.9 Å². The van der Waals surface area contributed by atoms with Crippen molar-refractivity contribution >= 4 is 5.91 Å². The van der Waals surface area contributed by atoms with Gasteiger partial charge in [0.2, 0.25) is 5.91 Å². The van der Waals surface area contributed by atoms with Gasteiger partial charge in [-0.3, -0.25) is 4.79 Å². The van der Waals surface area contributed by atoms with Gasteiger partial charge in [0.05, 0.1) is 0 Å². The Labute approximate surface area is 105 Å². The lowest BCUT2D eigenvalue weighted by Crippen LogP contribution is -2.36. The highest BCUT2D eigenvalue weighted by molar-refractivity contribution is 5.78. The van der Waals surface area contributed by atoms with Crippen molar-refractivity contribution in [1.82, 2.24) is 4.90 Å². The first-order valence-corrected chi connectivity index (χ1v) is 6.51. The van der Waals surface area contributed by atoms with E-state index in [4.69, 9.17) is 0 Å². The summed E-state index contributed by atoms with van der Waals surface area (Å²) in [5.41, 5.74) is 1.29. The zero-order chi connectivity index (χ0) is 12.7. The van der Waals surface area contributed by atoms with Gasteiger partial charge in [-0.1, -0.05) is 44.2 Å². The molecule has 0 radical (unpaired) electrons. The van der Waals surface area contributed by atoms with Gasteiger partial charge in [-0.15, -0.1) is 0 Å². The predicted octanol–water partition coefficient (Wildman–Crippen LogP) is 3.12. The first kappa shape index (κ1) is 13.8. The third kappa shape index (κ3) is 4.22. The van der Waals surface area contributed by atoms with Gasteiger partial charge in [-0.25, -0.2) is 0 Å². The summed E-state index contributed by atoms with van der Waals surface area (Å²) in [5, 5.41) is 0. The van der Waals surface area contributed by atoms with Crippen molar-refractivity contribution in [1.29, 1.82) is 0 Å². The van der Waals surface area contributed by atoms with Crippen LogP contribution in [0.5, 0.6) is 0 Å². The number of likely N-dealkylation sites (N-methyl/N-ethyl adjacent to an activating group) is 1. The molecular formula is C15H23NO. The molecule has 0 aromatic heterocycles. The standard InChI is InChI=1S/C15H23NO/c1-4-13(3)15(17)16(5-2)12-11-14-9-7-6-8-10-14/h6-10,13H,4-5,11-12H2,1-3H3. The fourth-order valence-electron chi connectivity index (χ4n) is 1.82. The maximum Gasteiger partial charge on any atom is 0.225 e. The third-order valence-electron chi connectivity index (χ3n) is 3.24. The van der Waals surface area contributed by atoms with Crippen LogP contribution in [0.1, 0.15) is 32.8 Å². The lowest BCUT2D eigenvalue weighted by molar-refractivity contribution is -0.134. The minimum Gasteiger partial charge on any atom is -0.342 e. The van der Waals surface area contributed by atoms with Crippen molar-refractivity contribution in [3.63, 3.8) is 0 Å². The molecule has 1 amide bonds. The fourth-order valence-corrected chi connectivity index (χ4v) is 1.82. The van der Waals surface area contributed by atoms with Gasteiger partial charge < -0.3 is 4.90 Å². The summed E-state index contributed by atoms with van der Waals surface area (Å²) in [6.07, 6.45) is 1.86. The number of amides is 1. The second-order valence-corrected chi connectivity index (χ2v) is 4.46. The maximum absolute atomic E-state index is 12.1. The maximum atomic E-state index is 12.1. The molecule has 94 valence electrons. The molecule has 0 fully saturated rings. The zero-order valence-electron chi connectivity index (χ0n) is 11.1. The Balaban J connectivity index is 2.50. The van der Waals surface area contributed by atoms with Crippen molar-refractivity contribution in [2.75, 3.05) is 13.1 Å². The monoisotopic (exact) mass is 233 g/mol. The van der Waals surface area contributed by atoms with E-state index in [2.05, 4.69) is 19.1 Å². The molecule has 0 aliphatic heterocycles. The minimum atomic E-state index is 0.144. The summed E-state index contributed by atoms with van der Waals surface area (Å²) >= 11 is 0. The highest BCUT2D eigenvalue weighted by Crippen LogP contribution is 2.08. The minimum absolute atomic E-state index is 0.144. The largest absolute Gasteiger partial charge is 0.342 e. The van der Waals surface area contributed by atoms with Crippen molar-refractivity contribution < 1.29 is 4.79 Å². The first-order valence-electron chi connectivity index (χ1n) is 6.51. The number of carbonyl (C=O) groups excluding carboxylic acids is 1. The average Bonchev–Trinajstić information content (AvgIpc) is 2.39. The first-order chi connectivity index (χ1) is 8.19. The molecule has 1 rings (SSSR count). The van der Waals surface area contributed by atoms with Crippen LogP contribution in [-0.2, 0) is 11.2 Å². The summed E-state index contributed by atoms with van der Waals surface area (Å²) in [5.74, 6) is 0.427. The van der Waals surface area contributed by atoms with Crippen molar-refractivity contribution in [3.8, 4) is 0 Å². The molecule has 0 aliphatic carbocycles. The zero-order valence-corrected chi connectivity index (χ0v) is 11.1. The number of benzene rings is 1. The molecule has 2 heteroatoms. The predicted molar refractivity (Wildman–Crippen MR) is 71.9 cm³/mol. The second-order valence-electron chi connectivity index (χ2n) is 4.46. The third-order valence-corrected chi connectivity index (χ3v) is 3.24. The Morgan fingerprint density at radius 1 is 1.24 bits per heavy atom. The van der Waals surface area contributed by atoms with E-state index in [1.165, 1.54) is 5.56 Å². The van der Waals surface area contributed by atoms with Gasteiger partial charge in [0.15, 0.2) is 0 Å². The molecule has 0 spiro atoms. The fraction of sp³-hybridized carbons (Fsp3) is 0.533. The number of nitrogens with zero attached hydrogens (tertiary/aromatic N) is 1. The average molecular weight is 233 g/mol. The molecule has 1 aromatic rings. The normalized spacial score (nSPS) is 12.2. The van der Waals surface area contributed by atoms with Crippen molar-refractivity contribution in [3.05, 3.63) is 35.9 Å². The summed E-state index contributed by atoms with van der Waals surface area (Å²) in [6, 6.07) is 10.3. The van der Waals surface area contributed by atoms with Crippen LogP contribution in [0.2, 0.25) is 0 Å². The van der Waals surface area contributed by atoms with E-state index in [0.717, 1.165) is 25.9 Å². The van der Waals surface area contributed by atoms with Crippen LogP contribution >= 0.6 is 0 Å². The van der Waals surface area contributed by atoms with Gasteiger partial charge in [0.25, 0.3) is 0 Å². The van der Waals surface area contributed by atoms with Crippen LogP contribution in [0, 0.1) is 5.92 Å². The number of carbonyl (C=O) groups is 1. The second kappa shape index (κ2) is 7.10. The molecular weight excluding hydrogens is 210 g/mol. The van der Waals surface area contributed by atoms with Crippen LogP contribution < -0.4 is 0 Å². The van der Waals surface area contributed by atoms with Gasteiger partial charge >= 0.3 is 0 Å². The summed E-state index contributed by atoms with van der Waals surface area (Å²) in [7, 11) is 0. The smallest absolute Gasteiger partial charge is 0.225 e. The van der Waals surface area contributed by atoms with E-state index in [-0.39, 0.29) is 11.8 Å². The Bertz CT molecular complexity index is 334. The van der Waals surface area contributed by atoms with Crippen LogP contribution in [0.4, 0.5) is 0 Å². The molecule has 0 heterocycles. The van der Waals surface area contributed by atoms with Gasteiger partial charge in [-0.05, 0) is 25.3 Å². The molecule has 1 atom stereocenters. The Morgan fingerprint density at radius 3 is 2.41 bits per heavy atom. The summed E-state index contributed by atoms with van der Waals surface area (Å²) in [6.45, 7) is 7.74. The highest BCUT2D eigenvalue weighted by atomic mass is 16.2. The van der Waals surface area contributed by atoms with Crippen LogP contribution in [0.25, 0.3) is 0 Å². The molecule has 0 saturated carbocycles. The Kier molecular flexibility index (Phi) is 5.75. The van der Waals surface area contributed by atoms with Crippen LogP contribution in [0.15, 0.2) is 30.3 Å². The van der Waals surface area contributed by atoms with E-state index in [0.29, 0.717) is 0 Å². The molecule has 0 saturated heterocycles. The molecule has 1 aromatic carbocycles. The highest BCUT2D eigenvalue weighted by Gasteiger charge is 2.17. The molecule has 17 heavy (non-hydrogen) atoms. The SMILES string of the molecule is CCC(C)C(=O)N(CC)CCc1ccccc1. The lowest BCUT2D eigenvalue weighted by atomic mass is 10.1. The Morgan fingerprint density at radius 2 is 1.88 bits per heavy atom. The summed E-state index contributed by atoms with van der Waals surface area (Å²) < 4.78 is 0. The van der Waals surface area contributed by atoms with Gasteiger partial charge in [0.1, 0.15) is 0 Å². The van der Waals surface area contributed by atoms with E-state index in [1.807, 2.05) is 36.9 Å². The molecule has 0 aliphatic rings.